The molecule has 0 aliphatic carbocycles. The Morgan fingerprint density at radius 2 is 1.89 bits per heavy atom. The van der Waals surface area contributed by atoms with Gasteiger partial charge in [-0.15, -0.1) is 0 Å². The van der Waals surface area contributed by atoms with Crippen molar-refractivity contribution < 1.29 is 13.2 Å². The average Bonchev–Trinajstić information content (AvgIpc) is 2.20. The van der Waals surface area contributed by atoms with E-state index in [0.717, 1.165) is 10.0 Å². The van der Waals surface area contributed by atoms with Crippen molar-refractivity contribution in [3.63, 3.8) is 0 Å². The summed E-state index contributed by atoms with van der Waals surface area (Å²) in [6.45, 7) is 1.18. The van der Waals surface area contributed by atoms with Gasteiger partial charge in [0.2, 0.25) is 0 Å². The van der Waals surface area contributed by atoms with Crippen LogP contribution in [0.15, 0.2) is 22.7 Å². The third-order valence-corrected chi connectivity index (χ3v) is 2.83. The van der Waals surface area contributed by atoms with Crippen LogP contribution in [0.25, 0.3) is 0 Å². The highest BCUT2D eigenvalue weighted by molar-refractivity contribution is 9.10. The van der Waals surface area contributed by atoms with Gasteiger partial charge in [0.25, 0.3) is 0 Å². The minimum absolute atomic E-state index is 0.164. The van der Waals surface area contributed by atoms with Gasteiger partial charge in [-0.25, -0.2) is 0 Å². The van der Waals surface area contributed by atoms with E-state index in [9.17, 15) is 13.2 Å². The minimum atomic E-state index is -4.04. The summed E-state index contributed by atoms with van der Waals surface area (Å²) in [5.74, 6) is 0. The van der Waals surface area contributed by atoms with Crippen LogP contribution in [0.5, 0.6) is 0 Å². The molecule has 0 saturated carbocycles. The zero-order chi connectivity index (χ0) is 13.6. The summed E-state index contributed by atoms with van der Waals surface area (Å²) in [4.78, 5) is 0. The number of nitrogen functional groups attached to an aromatic ring is 1. The molecule has 0 aliphatic rings. The fourth-order valence-corrected chi connectivity index (χ4v) is 2.14. The van der Waals surface area contributed by atoms with Crippen LogP contribution in [0.2, 0.25) is 0 Å². The molecule has 0 unspecified atom stereocenters. The molecule has 102 valence electrons. The molecule has 6 heteroatoms. The van der Waals surface area contributed by atoms with Gasteiger partial charge < -0.3 is 11.1 Å². The first-order chi connectivity index (χ1) is 8.37. The molecule has 2 nitrogen and oxygen atoms in total. The van der Waals surface area contributed by atoms with Gasteiger partial charge in [0, 0.05) is 23.1 Å². The molecule has 1 rings (SSSR count). The number of benzene rings is 1. The van der Waals surface area contributed by atoms with E-state index in [0.29, 0.717) is 25.2 Å². The molecule has 0 atom stereocenters. The van der Waals surface area contributed by atoms with Gasteiger partial charge in [0.05, 0.1) is 0 Å². The van der Waals surface area contributed by atoms with Crippen molar-refractivity contribution in [3.8, 4) is 0 Å². The Hall–Kier alpha value is -0.750. The summed E-state index contributed by atoms with van der Waals surface area (Å²) in [5, 5.41) is 3.10. The predicted octanol–water partition coefficient (Wildman–Crippen LogP) is 3.85. The second-order valence-corrected chi connectivity index (χ2v) is 5.06. The van der Waals surface area contributed by atoms with Crippen LogP contribution in [-0.2, 0) is 6.54 Å². The molecule has 0 amide bonds. The van der Waals surface area contributed by atoms with Gasteiger partial charge in [-0.2, -0.15) is 13.2 Å². The maximum atomic E-state index is 11.9. The summed E-state index contributed by atoms with van der Waals surface area (Å²) < 4.78 is 36.5. The van der Waals surface area contributed by atoms with Crippen molar-refractivity contribution in [2.45, 2.75) is 32.0 Å². The number of unbranched alkanes of at least 4 members (excludes halogenated alkanes) is 1. The molecule has 0 aromatic heterocycles. The quantitative estimate of drug-likeness (QED) is 0.616. The second kappa shape index (κ2) is 6.99. The Kier molecular flexibility index (Phi) is 5.95. The van der Waals surface area contributed by atoms with Crippen LogP contribution in [0.4, 0.5) is 18.9 Å². The first-order valence-electron chi connectivity index (χ1n) is 5.69. The van der Waals surface area contributed by atoms with E-state index in [2.05, 4.69) is 21.2 Å². The molecule has 0 radical (unpaired) electrons. The number of nitrogens with two attached hydrogens (primary N) is 1. The Bertz CT molecular complexity index is 360. The maximum Gasteiger partial charge on any atom is 0.389 e. The van der Waals surface area contributed by atoms with E-state index in [1.807, 2.05) is 12.1 Å². The van der Waals surface area contributed by atoms with Crippen LogP contribution in [-0.4, -0.2) is 12.7 Å². The Balaban J connectivity index is 2.18. The molecule has 0 saturated heterocycles. The molecule has 18 heavy (non-hydrogen) atoms. The topological polar surface area (TPSA) is 38.0 Å². The van der Waals surface area contributed by atoms with Gasteiger partial charge in [-0.05, 0) is 43.1 Å². The number of halogens is 4. The van der Waals surface area contributed by atoms with Crippen LogP contribution >= 0.6 is 15.9 Å². The lowest BCUT2D eigenvalue weighted by Crippen LogP contribution is -2.16. The van der Waals surface area contributed by atoms with E-state index >= 15 is 0 Å². The lowest BCUT2D eigenvalue weighted by atomic mass is 10.2. The molecule has 0 bridgehead atoms. The van der Waals surface area contributed by atoms with Crippen LogP contribution < -0.4 is 11.1 Å². The molecule has 0 heterocycles. The third kappa shape index (κ3) is 6.86. The maximum absolute atomic E-state index is 11.9. The molecule has 1 aromatic rings. The molecule has 0 fully saturated rings. The predicted molar refractivity (Wildman–Crippen MR) is 70.2 cm³/mol. The number of rotatable bonds is 6. The number of alkyl halides is 3. The minimum Gasteiger partial charge on any atom is -0.399 e. The molecular weight excluding hydrogens is 309 g/mol. The SMILES string of the molecule is Nc1cc(Br)cc(CNCCCCC(F)(F)F)c1. The average molecular weight is 325 g/mol. The van der Waals surface area contributed by atoms with Crippen molar-refractivity contribution in [2.24, 2.45) is 0 Å². The first-order valence-corrected chi connectivity index (χ1v) is 6.48. The van der Waals surface area contributed by atoms with E-state index in [1.165, 1.54) is 0 Å². The lowest BCUT2D eigenvalue weighted by molar-refractivity contribution is -0.135. The monoisotopic (exact) mass is 324 g/mol. The molecule has 1 aromatic carbocycles. The van der Waals surface area contributed by atoms with Crippen molar-refractivity contribution >= 4 is 21.6 Å². The molecular formula is C12H16BrF3N2. The van der Waals surface area contributed by atoms with Crippen molar-refractivity contribution in [2.75, 3.05) is 12.3 Å². The van der Waals surface area contributed by atoms with Crippen molar-refractivity contribution in [3.05, 3.63) is 28.2 Å². The number of anilines is 1. The standard InChI is InChI=1S/C12H16BrF3N2/c13-10-5-9(6-11(17)7-10)8-18-4-2-1-3-12(14,15)16/h5-7,18H,1-4,8,17H2. The summed E-state index contributed by atoms with van der Waals surface area (Å²) in [6.07, 6.45) is -4.07. The van der Waals surface area contributed by atoms with Crippen LogP contribution in [0, 0.1) is 0 Å². The van der Waals surface area contributed by atoms with E-state index in [4.69, 9.17) is 5.73 Å². The van der Waals surface area contributed by atoms with E-state index < -0.39 is 12.6 Å². The summed E-state index contributed by atoms with van der Waals surface area (Å²) in [7, 11) is 0. The Labute approximate surface area is 113 Å². The Morgan fingerprint density at radius 1 is 1.17 bits per heavy atom. The number of nitrogens with one attached hydrogen (secondary N) is 1. The smallest absolute Gasteiger partial charge is 0.389 e. The second-order valence-electron chi connectivity index (χ2n) is 4.14. The van der Waals surface area contributed by atoms with Gasteiger partial charge in [0.1, 0.15) is 0 Å². The van der Waals surface area contributed by atoms with Gasteiger partial charge in [0.15, 0.2) is 0 Å². The van der Waals surface area contributed by atoms with Crippen LogP contribution in [0.1, 0.15) is 24.8 Å². The van der Waals surface area contributed by atoms with Crippen LogP contribution in [0.3, 0.4) is 0 Å². The van der Waals surface area contributed by atoms with Gasteiger partial charge in [-0.3, -0.25) is 0 Å². The fraction of sp³-hybridized carbons (Fsp3) is 0.500. The molecule has 3 N–H and O–H groups in total. The Morgan fingerprint density at radius 3 is 2.50 bits per heavy atom. The van der Waals surface area contributed by atoms with E-state index in [1.54, 1.807) is 6.07 Å². The normalized spacial score (nSPS) is 11.8. The summed E-state index contributed by atoms with van der Waals surface area (Å²) in [5.41, 5.74) is 7.35. The fourth-order valence-electron chi connectivity index (χ4n) is 1.59. The highest BCUT2D eigenvalue weighted by atomic mass is 79.9. The van der Waals surface area contributed by atoms with Gasteiger partial charge >= 0.3 is 6.18 Å². The zero-order valence-corrected chi connectivity index (χ0v) is 11.4. The molecule has 0 aliphatic heterocycles. The van der Waals surface area contributed by atoms with E-state index in [-0.39, 0.29) is 6.42 Å². The number of hydrogen-bond acceptors (Lipinski definition) is 2. The zero-order valence-electron chi connectivity index (χ0n) is 9.86. The van der Waals surface area contributed by atoms with Crippen molar-refractivity contribution in [1.82, 2.24) is 5.32 Å². The van der Waals surface area contributed by atoms with Gasteiger partial charge in [-0.1, -0.05) is 15.9 Å². The molecule has 0 spiro atoms. The highest BCUT2D eigenvalue weighted by Crippen LogP contribution is 2.22. The summed E-state index contributed by atoms with van der Waals surface area (Å²) >= 11 is 3.34. The largest absolute Gasteiger partial charge is 0.399 e. The highest BCUT2D eigenvalue weighted by Gasteiger charge is 2.25. The summed E-state index contributed by atoms with van der Waals surface area (Å²) in [6, 6.07) is 5.57. The van der Waals surface area contributed by atoms with Crippen molar-refractivity contribution in [1.29, 1.82) is 0 Å². The lowest BCUT2D eigenvalue weighted by Gasteiger charge is -2.08. The number of hydrogen-bond donors (Lipinski definition) is 2. The third-order valence-electron chi connectivity index (χ3n) is 2.37. The first kappa shape index (κ1) is 15.3.